The van der Waals surface area contributed by atoms with E-state index < -0.39 is 0 Å². The number of aromatic nitrogens is 1. The van der Waals surface area contributed by atoms with E-state index in [1.165, 1.54) is 22.3 Å². The van der Waals surface area contributed by atoms with E-state index >= 15 is 0 Å². The number of benzene rings is 3. The highest BCUT2D eigenvalue weighted by molar-refractivity contribution is 5.87. The SMILES string of the molecule is C=CCC1(CCN2CCC(n3cc4ccccc4c3O)CC2)c2ccccc2-c2ccccc21. The predicted molar refractivity (Wildman–Crippen MR) is 140 cm³/mol. The lowest BCUT2D eigenvalue weighted by molar-refractivity contribution is 0.171. The number of allylic oxidation sites excluding steroid dienone is 1. The standard InChI is InChI=1S/C31H32N2O/c1-2-17-31(28-13-7-5-11-26(28)27-12-6-8-14-29(27)31)18-21-32-19-15-24(16-20-32)33-22-23-9-3-4-10-25(23)30(33)34/h2-14,22,24,34H,1,15-21H2. The van der Waals surface area contributed by atoms with Crippen LogP contribution < -0.4 is 0 Å². The van der Waals surface area contributed by atoms with E-state index in [4.69, 9.17) is 0 Å². The Labute approximate surface area is 202 Å². The van der Waals surface area contributed by atoms with Crippen LogP contribution in [0, 0.1) is 0 Å². The van der Waals surface area contributed by atoms with Crippen LogP contribution in [0.2, 0.25) is 0 Å². The topological polar surface area (TPSA) is 28.4 Å². The molecule has 1 aromatic heterocycles. The quantitative estimate of drug-likeness (QED) is 0.324. The van der Waals surface area contributed by atoms with Crippen LogP contribution in [0.25, 0.3) is 21.9 Å². The molecule has 1 aliphatic carbocycles. The fourth-order valence-electron chi connectivity index (χ4n) is 6.47. The summed E-state index contributed by atoms with van der Waals surface area (Å²) in [4.78, 5) is 2.62. The number of hydrogen-bond acceptors (Lipinski definition) is 2. The van der Waals surface area contributed by atoms with Crippen LogP contribution in [0.5, 0.6) is 5.88 Å². The third kappa shape index (κ3) is 3.30. The summed E-state index contributed by atoms with van der Waals surface area (Å²) in [7, 11) is 0. The number of piperidine rings is 1. The highest BCUT2D eigenvalue weighted by atomic mass is 16.3. The molecule has 3 nitrogen and oxygen atoms in total. The molecule has 2 heterocycles. The van der Waals surface area contributed by atoms with Crippen molar-refractivity contribution in [3.8, 4) is 17.0 Å². The number of hydrogen-bond donors (Lipinski definition) is 1. The molecular weight excluding hydrogens is 416 g/mol. The van der Waals surface area contributed by atoms with E-state index in [1.807, 2.05) is 18.2 Å². The summed E-state index contributed by atoms with van der Waals surface area (Å²) < 4.78 is 2.10. The zero-order valence-electron chi connectivity index (χ0n) is 19.7. The molecule has 1 saturated heterocycles. The van der Waals surface area contributed by atoms with Crippen LogP contribution in [-0.4, -0.2) is 34.2 Å². The van der Waals surface area contributed by atoms with Gasteiger partial charge in [-0.25, -0.2) is 0 Å². The molecule has 1 N–H and O–H groups in total. The van der Waals surface area contributed by atoms with Gasteiger partial charge >= 0.3 is 0 Å². The summed E-state index contributed by atoms with van der Waals surface area (Å²) in [5.74, 6) is 0.415. The maximum Gasteiger partial charge on any atom is 0.199 e. The molecule has 2 aliphatic rings. The fraction of sp³-hybridized carbons (Fsp3) is 0.290. The van der Waals surface area contributed by atoms with E-state index in [0.717, 1.165) is 56.1 Å². The number of nitrogens with zero attached hydrogens (tertiary/aromatic N) is 2. The lowest BCUT2D eigenvalue weighted by Gasteiger charge is -2.37. The van der Waals surface area contributed by atoms with Crippen LogP contribution in [0.4, 0.5) is 0 Å². The van der Waals surface area contributed by atoms with Crippen molar-refractivity contribution in [1.82, 2.24) is 9.47 Å². The third-order valence-electron chi connectivity index (χ3n) is 8.20. The van der Waals surface area contributed by atoms with Crippen LogP contribution in [-0.2, 0) is 5.41 Å². The molecule has 0 atom stereocenters. The summed E-state index contributed by atoms with van der Waals surface area (Å²) in [6, 6.07) is 26.4. The summed E-state index contributed by atoms with van der Waals surface area (Å²) >= 11 is 0. The molecule has 0 radical (unpaired) electrons. The Morgan fingerprint density at radius 3 is 2.15 bits per heavy atom. The molecule has 1 aliphatic heterocycles. The monoisotopic (exact) mass is 448 g/mol. The maximum atomic E-state index is 10.8. The van der Waals surface area contributed by atoms with Gasteiger partial charge in [-0.05, 0) is 60.5 Å². The molecule has 0 spiro atoms. The zero-order chi connectivity index (χ0) is 23.1. The minimum Gasteiger partial charge on any atom is -0.494 e. The van der Waals surface area contributed by atoms with E-state index in [2.05, 4.69) is 82.9 Å². The number of fused-ring (bicyclic) bond motifs is 4. The minimum atomic E-state index is 0.00219. The summed E-state index contributed by atoms with van der Waals surface area (Å²) in [6.45, 7) is 7.33. The predicted octanol–water partition coefficient (Wildman–Crippen LogP) is 6.92. The summed E-state index contributed by atoms with van der Waals surface area (Å²) in [5, 5.41) is 12.8. The van der Waals surface area contributed by atoms with Gasteiger partial charge in [-0.2, -0.15) is 0 Å². The number of rotatable bonds is 6. The van der Waals surface area contributed by atoms with Gasteiger partial charge < -0.3 is 14.6 Å². The van der Waals surface area contributed by atoms with Crippen molar-refractivity contribution in [2.45, 2.75) is 37.1 Å². The lowest BCUT2D eigenvalue weighted by Crippen LogP contribution is -2.38. The van der Waals surface area contributed by atoms with E-state index in [-0.39, 0.29) is 5.41 Å². The minimum absolute atomic E-state index is 0.00219. The Morgan fingerprint density at radius 2 is 1.50 bits per heavy atom. The second kappa shape index (κ2) is 8.48. The van der Waals surface area contributed by atoms with Gasteiger partial charge in [-0.1, -0.05) is 72.8 Å². The fourth-order valence-corrected chi connectivity index (χ4v) is 6.47. The first-order valence-electron chi connectivity index (χ1n) is 12.5. The van der Waals surface area contributed by atoms with Gasteiger partial charge in [0, 0.05) is 41.5 Å². The second-order valence-corrected chi connectivity index (χ2v) is 9.94. The first-order valence-corrected chi connectivity index (χ1v) is 12.5. The molecule has 0 unspecified atom stereocenters. The largest absolute Gasteiger partial charge is 0.494 e. The van der Waals surface area contributed by atoms with Gasteiger partial charge in [-0.15, -0.1) is 6.58 Å². The highest BCUT2D eigenvalue weighted by Crippen LogP contribution is 2.52. The average Bonchev–Trinajstić information content (AvgIpc) is 3.37. The zero-order valence-corrected chi connectivity index (χ0v) is 19.7. The van der Waals surface area contributed by atoms with E-state index in [1.54, 1.807) is 0 Å². The van der Waals surface area contributed by atoms with Crippen molar-refractivity contribution >= 4 is 10.8 Å². The summed E-state index contributed by atoms with van der Waals surface area (Å²) in [5.41, 5.74) is 5.68. The van der Waals surface area contributed by atoms with Crippen LogP contribution in [0.1, 0.15) is 42.9 Å². The molecule has 4 aromatic rings. The Kier molecular flexibility index (Phi) is 5.30. The highest BCUT2D eigenvalue weighted by Gasteiger charge is 2.42. The molecule has 1 fully saturated rings. The van der Waals surface area contributed by atoms with Crippen LogP contribution in [0.15, 0.2) is 91.6 Å². The number of likely N-dealkylation sites (tertiary alicyclic amines) is 1. The first kappa shape index (κ1) is 21.2. The molecule has 3 heteroatoms. The molecule has 6 rings (SSSR count). The molecule has 0 bridgehead atoms. The van der Waals surface area contributed by atoms with Gasteiger partial charge in [0.15, 0.2) is 5.88 Å². The van der Waals surface area contributed by atoms with E-state index in [9.17, 15) is 5.11 Å². The van der Waals surface area contributed by atoms with Gasteiger partial charge in [0.05, 0.1) is 0 Å². The lowest BCUT2D eigenvalue weighted by atomic mass is 9.72. The van der Waals surface area contributed by atoms with Crippen molar-refractivity contribution in [1.29, 1.82) is 0 Å². The second-order valence-electron chi connectivity index (χ2n) is 9.94. The molecule has 0 amide bonds. The van der Waals surface area contributed by atoms with Gasteiger partial charge in [0.25, 0.3) is 0 Å². The van der Waals surface area contributed by atoms with E-state index in [0.29, 0.717) is 11.9 Å². The normalized spacial score (nSPS) is 17.5. The third-order valence-corrected chi connectivity index (χ3v) is 8.20. The van der Waals surface area contributed by atoms with Crippen molar-refractivity contribution in [2.24, 2.45) is 0 Å². The molecule has 34 heavy (non-hydrogen) atoms. The van der Waals surface area contributed by atoms with Gasteiger partial charge in [0.2, 0.25) is 0 Å². The van der Waals surface area contributed by atoms with Crippen molar-refractivity contribution in [2.75, 3.05) is 19.6 Å². The Hall–Kier alpha value is -3.30. The van der Waals surface area contributed by atoms with Gasteiger partial charge in [0.1, 0.15) is 0 Å². The smallest absolute Gasteiger partial charge is 0.199 e. The van der Waals surface area contributed by atoms with Crippen molar-refractivity contribution in [3.05, 3.63) is 103 Å². The van der Waals surface area contributed by atoms with Crippen LogP contribution >= 0.6 is 0 Å². The Bertz CT molecular complexity index is 1300. The maximum absolute atomic E-state index is 10.8. The average molecular weight is 449 g/mol. The number of aromatic hydroxyl groups is 1. The molecular formula is C31H32N2O. The Morgan fingerprint density at radius 1 is 0.882 bits per heavy atom. The summed E-state index contributed by atoms with van der Waals surface area (Å²) in [6.07, 6.45) is 8.41. The van der Waals surface area contributed by atoms with Crippen molar-refractivity contribution < 1.29 is 5.11 Å². The molecule has 172 valence electrons. The first-order chi connectivity index (χ1) is 16.7. The molecule has 0 saturated carbocycles. The Balaban J connectivity index is 1.20. The van der Waals surface area contributed by atoms with Gasteiger partial charge in [-0.3, -0.25) is 0 Å². The molecule has 3 aromatic carbocycles. The van der Waals surface area contributed by atoms with Crippen molar-refractivity contribution in [3.63, 3.8) is 0 Å². The van der Waals surface area contributed by atoms with Crippen LogP contribution in [0.3, 0.4) is 0 Å².